The second-order valence-corrected chi connectivity index (χ2v) is 13.9. The quantitative estimate of drug-likeness (QED) is 0.170. The van der Waals surface area contributed by atoms with Gasteiger partial charge in [-0.2, -0.15) is 0 Å². The number of fused-ring (bicyclic) bond motifs is 6. The summed E-state index contributed by atoms with van der Waals surface area (Å²) < 4.78 is 13.0. The Hall–Kier alpha value is -6.72. The van der Waals surface area contributed by atoms with Crippen LogP contribution in [0.2, 0.25) is 0 Å². The number of rotatable bonds is 5. The van der Waals surface area contributed by atoms with Crippen molar-refractivity contribution in [3.05, 3.63) is 169 Å². The van der Waals surface area contributed by atoms with Crippen molar-refractivity contribution in [1.82, 2.24) is 15.0 Å². The second kappa shape index (κ2) is 12.2. The molecule has 0 unspecified atom stereocenters. The van der Waals surface area contributed by atoms with Crippen molar-refractivity contribution in [3.8, 4) is 73.3 Å². The zero-order valence-corrected chi connectivity index (χ0v) is 29.2. The number of nitrogens with zero attached hydrogens (tertiary/aromatic N) is 3. The molecule has 2 aromatic heterocycles. The maximum Gasteiger partial charge on any atom is 0.167 e. The number of aromatic nitrogens is 3. The van der Waals surface area contributed by atoms with Gasteiger partial charge in [0.05, 0.1) is 11.0 Å². The lowest BCUT2D eigenvalue weighted by Gasteiger charge is -2.36. The van der Waals surface area contributed by atoms with Gasteiger partial charge in [-0.25, -0.2) is 15.0 Å². The SMILES string of the molecule is BC1(B)Oc2cccc(-c3ccc(-c4nc(-c5ccc(-c6ccccc6)cc5)nc(-c5cccc6c5oc5ccccc56)n4)cc3)c2-c2ccccc21. The van der Waals surface area contributed by atoms with Gasteiger partial charge in [0.15, 0.2) is 33.2 Å². The summed E-state index contributed by atoms with van der Waals surface area (Å²) in [5, 5.41) is 1.67. The first-order valence-corrected chi connectivity index (χ1v) is 17.9. The van der Waals surface area contributed by atoms with Crippen molar-refractivity contribution in [1.29, 1.82) is 0 Å². The number of ether oxygens (including phenoxy) is 1. The fourth-order valence-electron chi connectivity index (χ4n) is 7.61. The van der Waals surface area contributed by atoms with Crippen LogP contribution in [0.3, 0.4) is 0 Å². The van der Waals surface area contributed by atoms with Crippen LogP contribution in [0.15, 0.2) is 168 Å². The van der Waals surface area contributed by atoms with Crippen LogP contribution < -0.4 is 4.74 Å². The van der Waals surface area contributed by atoms with E-state index < -0.39 is 5.40 Å². The maximum atomic E-state index is 6.56. The molecule has 1 aliphatic rings. The van der Waals surface area contributed by atoms with Crippen molar-refractivity contribution < 1.29 is 9.15 Å². The molecule has 0 bridgehead atoms. The van der Waals surface area contributed by atoms with Crippen molar-refractivity contribution in [2.24, 2.45) is 0 Å². The first-order valence-electron chi connectivity index (χ1n) is 17.9. The lowest BCUT2D eigenvalue weighted by atomic mass is 9.58. The van der Waals surface area contributed by atoms with Gasteiger partial charge in [0, 0.05) is 27.5 Å². The lowest BCUT2D eigenvalue weighted by Crippen LogP contribution is -2.37. The monoisotopic (exact) mass is 679 g/mol. The van der Waals surface area contributed by atoms with Crippen molar-refractivity contribution in [2.45, 2.75) is 5.40 Å². The van der Waals surface area contributed by atoms with E-state index in [4.69, 9.17) is 24.1 Å². The van der Waals surface area contributed by atoms with Gasteiger partial charge in [0.1, 0.15) is 16.9 Å². The predicted octanol–water partition coefficient (Wildman–Crippen LogP) is 9.54. The van der Waals surface area contributed by atoms with E-state index in [1.54, 1.807) is 0 Å². The number of furan rings is 1. The summed E-state index contributed by atoms with van der Waals surface area (Å²) in [5.74, 6) is 2.62. The number of benzene rings is 7. The van der Waals surface area contributed by atoms with Gasteiger partial charge < -0.3 is 9.15 Å². The molecule has 5 nitrogen and oxygen atoms in total. The summed E-state index contributed by atoms with van der Waals surface area (Å²) in [7, 11) is 4.25. The van der Waals surface area contributed by atoms with Crippen LogP contribution in [0.5, 0.6) is 5.75 Å². The Morgan fingerprint density at radius 2 is 0.962 bits per heavy atom. The molecule has 3 heterocycles. The van der Waals surface area contributed by atoms with Crippen LogP contribution in [0.1, 0.15) is 5.56 Å². The Kier molecular flexibility index (Phi) is 7.15. The zero-order chi connectivity index (χ0) is 35.5. The topological polar surface area (TPSA) is 61.0 Å². The third-order valence-corrected chi connectivity index (χ3v) is 10.2. The Bertz CT molecular complexity index is 2830. The van der Waals surface area contributed by atoms with Gasteiger partial charge in [0.25, 0.3) is 0 Å². The molecular formula is C46H31B2N3O2. The molecule has 1 aliphatic heterocycles. The van der Waals surface area contributed by atoms with Gasteiger partial charge >= 0.3 is 0 Å². The number of hydrogen-bond acceptors (Lipinski definition) is 5. The highest BCUT2D eigenvalue weighted by Gasteiger charge is 2.33. The van der Waals surface area contributed by atoms with Gasteiger partial charge in [-0.15, -0.1) is 0 Å². The fourth-order valence-corrected chi connectivity index (χ4v) is 7.61. The molecule has 53 heavy (non-hydrogen) atoms. The summed E-state index contributed by atoms with van der Waals surface area (Å²) in [6, 6.07) is 56.3. The second-order valence-electron chi connectivity index (χ2n) is 13.9. The molecular weight excluding hydrogens is 648 g/mol. The molecule has 9 aromatic rings. The fraction of sp³-hybridized carbons (Fsp3) is 0.0217. The average molecular weight is 679 g/mol. The highest BCUT2D eigenvalue weighted by Crippen LogP contribution is 2.47. The minimum atomic E-state index is -0.422. The lowest BCUT2D eigenvalue weighted by molar-refractivity contribution is 0.241. The Morgan fingerprint density at radius 3 is 1.74 bits per heavy atom. The Morgan fingerprint density at radius 1 is 0.415 bits per heavy atom. The molecule has 0 saturated heterocycles. The average Bonchev–Trinajstić information content (AvgIpc) is 3.60. The Labute approximate surface area is 308 Å². The van der Waals surface area contributed by atoms with Crippen molar-refractivity contribution in [3.63, 3.8) is 0 Å². The molecule has 0 fully saturated rings. The van der Waals surface area contributed by atoms with E-state index in [2.05, 4.69) is 143 Å². The summed E-state index contributed by atoms with van der Waals surface area (Å²) in [6.07, 6.45) is 0. The smallest absolute Gasteiger partial charge is 0.167 e. The minimum Gasteiger partial charge on any atom is -0.500 e. The van der Waals surface area contributed by atoms with Crippen LogP contribution in [0.25, 0.3) is 89.5 Å². The number of hydrogen-bond donors (Lipinski definition) is 0. The highest BCUT2D eigenvalue weighted by atomic mass is 16.5. The first-order chi connectivity index (χ1) is 26.0. The van der Waals surface area contributed by atoms with Gasteiger partial charge in [-0.3, -0.25) is 0 Å². The van der Waals surface area contributed by atoms with E-state index in [0.717, 1.165) is 72.2 Å². The standard InChI is InChI=1S/C46H31B2N3O2/c47-46(48)38-17-6-4-13-36(38)41-33(14-9-19-40(41)53-46)30-22-26-32(27-23-30)44-49-43(31-24-20-29(21-25-31)28-10-2-1-3-11-28)50-45(51-44)37-16-8-15-35-34-12-5-7-18-39(34)52-42(35)37/h1-27H,47-48H2. The van der Waals surface area contributed by atoms with E-state index in [-0.39, 0.29) is 0 Å². The van der Waals surface area contributed by atoms with E-state index in [1.807, 2.05) is 36.4 Å². The van der Waals surface area contributed by atoms with Crippen molar-refractivity contribution >= 4 is 37.6 Å². The van der Waals surface area contributed by atoms with Gasteiger partial charge in [0.2, 0.25) is 0 Å². The summed E-state index contributed by atoms with van der Waals surface area (Å²) in [4.78, 5) is 15.2. The maximum absolute atomic E-state index is 6.56. The molecule has 248 valence electrons. The summed E-state index contributed by atoms with van der Waals surface area (Å²) in [6.45, 7) is 0. The van der Waals surface area contributed by atoms with E-state index in [1.165, 1.54) is 11.1 Å². The molecule has 7 heteroatoms. The van der Waals surface area contributed by atoms with Gasteiger partial charge in [-0.05, 0) is 51.6 Å². The molecule has 0 aliphatic carbocycles. The summed E-state index contributed by atoms with van der Waals surface area (Å²) >= 11 is 0. The molecule has 0 radical (unpaired) electrons. The van der Waals surface area contributed by atoms with E-state index >= 15 is 0 Å². The Balaban J connectivity index is 1.10. The number of para-hydroxylation sites is 2. The van der Waals surface area contributed by atoms with Crippen LogP contribution in [-0.2, 0) is 5.40 Å². The summed E-state index contributed by atoms with van der Waals surface area (Å²) in [5.41, 5.74) is 12.2. The van der Waals surface area contributed by atoms with Crippen LogP contribution in [-0.4, -0.2) is 30.6 Å². The first kappa shape index (κ1) is 31.1. The molecule has 0 saturated carbocycles. The molecule has 0 N–H and O–H groups in total. The minimum absolute atomic E-state index is 0.422. The highest BCUT2D eigenvalue weighted by molar-refractivity contribution is 6.40. The third-order valence-electron chi connectivity index (χ3n) is 10.2. The third kappa shape index (κ3) is 5.32. The molecule has 10 rings (SSSR count). The van der Waals surface area contributed by atoms with Crippen LogP contribution in [0, 0.1) is 0 Å². The van der Waals surface area contributed by atoms with E-state index in [0.29, 0.717) is 17.5 Å². The van der Waals surface area contributed by atoms with Crippen LogP contribution in [0.4, 0.5) is 0 Å². The molecule has 0 atom stereocenters. The van der Waals surface area contributed by atoms with Crippen molar-refractivity contribution in [2.75, 3.05) is 0 Å². The largest absolute Gasteiger partial charge is 0.500 e. The molecule has 0 spiro atoms. The molecule has 7 aromatic carbocycles. The zero-order valence-electron chi connectivity index (χ0n) is 29.2. The normalized spacial score (nSPS) is 13.0. The predicted molar refractivity (Wildman–Crippen MR) is 219 cm³/mol. The molecule has 0 amide bonds. The van der Waals surface area contributed by atoms with Gasteiger partial charge in [-0.1, -0.05) is 146 Å². The van der Waals surface area contributed by atoms with Crippen LogP contribution >= 0.6 is 0 Å². The van der Waals surface area contributed by atoms with E-state index in [9.17, 15) is 0 Å².